The van der Waals surface area contributed by atoms with E-state index in [-0.39, 0.29) is 0 Å². The molecule has 1 heterocycles. The Morgan fingerprint density at radius 2 is 1.60 bits per heavy atom. The second-order valence-electron chi connectivity index (χ2n) is 0.998. The van der Waals surface area contributed by atoms with Gasteiger partial charge in [-0.2, -0.15) is 0 Å². The maximum atomic E-state index is 1.59. The standard InChI is InChI=1S/C3H6Se2/c1-2-4-5-3-1/h1-3H2. The summed E-state index contributed by atoms with van der Waals surface area (Å²) in [7, 11) is 0. The third-order valence-electron chi connectivity index (χ3n) is 0.539. The minimum absolute atomic E-state index is 1.13. The summed E-state index contributed by atoms with van der Waals surface area (Å²) < 4.78 is 0. The Morgan fingerprint density at radius 1 is 1.00 bits per heavy atom. The van der Waals surface area contributed by atoms with E-state index in [2.05, 4.69) is 0 Å². The SMILES string of the molecule is C1C[Se][Se]C1. The third-order valence-corrected chi connectivity index (χ3v) is 8.25. The summed E-state index contributed by atoms with van der Waals surface area (Å²) in [6.45, 7) is 0. The van der Waals surface area contributed by atoms with Crippen LogP contribution < -0.4 is 0 Å². The molecule has 0 N–H and O–H groups in total. The molecule has 0 aromatic heterocycles. The Morgan fingerprint density at radius 3 is 1.80 bits per heavy atom. The molecular formula is C3H6Se2. The van der Waals surface area contributed by atoms with E-state index < -0.39 is 0 Å². The van der Waals surface area contributed by atoms with Crippen molar-refractivity contribution in [3.8, 4) is 0 Å². The van der Waals surface area contributed by atoms with Crippen molar-refractivity contribution in [1.82, 2.24) is 0 Å². The van der Waals surface area contributed by atoms with Gasteiger partial charge in [0.2, 0.25) is 0 Å². The van der Waals surface area contributed by atoms with Crippen LogP contribution in [0.1, 0.15) is 6.42 Å². The van der Waals surface area contributed by atoms with Crippen LogP contribution in [0.2, 0.25) is 10.6 Å². The molecule has 0 bridgehead atoms. The van der Waals surface area contributed by atoms with Crippen molar-refractivity contribution in [3.05, 3.63) is 0 Å². The number of hydrogen-bond donors (Lipinski definition) is 0. The second kappa shape index (κ2) is 2.25. The predicted octanol–water partition coefficient (Wildman–Crippen LogP) is 0.550. The first-order valence-corrected chi connectivity index (χ1v) is 8.50. The van der Waals surface area contributed by atoms with Crippen molar-refractivity contribution >= 4 is 26.3 Å². The Balaban J connectivity index is 2.08. The quantitative estimate of drug-likeness (QED) is 0.501. The van der Waals surface area contributed by atoms with Crippen LogP contribution in [0.4, 0.5) is 0 Å². The fourth-order valence-electron chi connectivity index (χ4n) is 0.295. The first-order chi connectivity index (χ1) is 2.50. The van der Waals surface area contributed by atoms with E-state index in [1.165, 1.54) is 0 Å². The van der Waals surface area contributed by atoms with Crippen LogP contribution in [0.25, 0.3) is 0 Å². The first kappa shape index (κ1) is 4.20. The van der Waals surface area contributed by atoms with E-state index in [1.54, 1.807) is 17.1 Å². The Labute approximate surface area is 43.6 Å². The van der Waals surface area contributed by atoms with E-state index in [0.29, 0.717) is 0 Å². The fourth-order valence-corrected chi connectivity index (χ4v) is 7.95. The van der Waals surface area contributed by atoms with Gasteiger partial charge >= 0.3 is 43.3 Å². The molecule has 30 valence electrons. The van der Waals surface area contributed by atoms with Crippen LogP contribution in [-0.2, 0) is 0 Å². The molecular weight excluding hydrogens is 194 g/mol. The molecule has 2 heteroatoms. The van der Waals surface area contributed by atoms with Crippen molar-refractivity contribution in [3.63, 3.8) is 0 Å². The van der Waals surface area contributed by atoms with Gasteiger partial charge in [-0.3, -0.25) is 0 Å². The van der Waals surface area contributed by atoms with Gasteiger partial charge in [-0.25, -0.2) is 0 Å². The molecule has 0 aromatic carbocycles. The van der Waals surface area contributed by atoms with Crippen LogP contribution in [0, 0.1) is 0 Å². The molecule has 0 amide bonds. The molecule has 0 unspecified atom stereocenters. The maximum absolute atomic E-state index is 1.59. The van der Waals surface area contributed by atoms with Gasteiger partial charge in [-0.15, -0.1) is 0 Å². The topological polar surface area (TPSA) is 0 Å². The van der Waals surface area contributed by atoms with E-state index in [4.69, 9.17) is 0 Å². The number of rotatable bonds is 0. The average molecular weight is 200 g/mol. The van der Waals surface area contributed by atoms with Gasteiger partial charge in [0.05, 0.1) is 0 Å². The summed E-state index contributed by atoms with van der Waals surface area (Å²) in [5, 5.41) is 3.18. The minimum atomic E-state index is 1.13. The van der Waals surface area contributed by atoms with Gasteiger partial charge in [0.25, 0.3) is 0 Å². The summed E-state index contributed by atoms with van der Waals surface area (Å²) in [5.41, 5.74) is 0. The van der Waals surface area contributed by atoms with Gasteiger partial charge in [-0.05, 0) is 0 Å². The zero-order chi connectivity index (χ0) is 3.54. The normalized spacial score (nSPS) is 24.0. The summed E-state index contributed by atoms with van der Waals surface area (Å²) in [6.07, 6.45) is 1.56. The predicted molar refractivity (Wildman–Crippen MR) is 25.7 cm³/mol. The monoisotopic (exact) mass is 202 g/mol. The molecule has 0 atom stereocenters. The van der Waals surface area contributed by atoms with Gasteiger partial charge < -0.3 is 0 Å². The first-order valence-electron chi connectivity index (χ1n) is 1.74. The Kier molecular flexibility index (Phi) is 1.90. The number of hydrogen-bond acceptors (Lipinski definition) is 0. The van der Waals surface area contributed by atoms with Gasteiger partial charge in [-0.1, -0.05) is 0 Å². The zero-order valence-corrected chi connectivity index (χ0v) is 6.36. The van der Waals surface area contributed by atoms with E-state index in [0.717, 1.165) is 26.3 Å². The van der Waals surface area contributed by atoms with Crippen LogP contribution in [0.15, 0.2) is 0 Å². The van der Waals surface area contributed by atoms with Gasteiger partial charge in [0.15, 0.2) is 0 Å². The Hall–Kier alpha value is 1.04. The van der Waals surface area contributed by atoms with Crippen molar-refractivity contribution in [2.45, 2.75) is 17.1 Å². The molecule has 1 fully saturated rings. The summed E-state index contributed by atoms with van der Waals surface area (Å²) >= 11 is 2.26. The van der Waals surface area contributed by atoms with Crippen LogP contribution in [-0.4, -0.2) is 26.3 Å². The molecule has 1 aliphatic rings. The molecule has 5 heavy (non-hydrogen) atoms. The van der Waals surface area contributed by atoms with Crippen LogP contribution in [0.5, 0.6) is 0 Å². The second-order valence-corrected chi connectivity index (χ2v) is 8.84. The van der Waals surface area contributed by atoms with E-state index in [1.807, 2.05) is 0 Å². The molecule has 0 nitrogen and oxygen atoms in total. The molecule has 1 aliphatic heterocycles. The summed E-state index contributed by atoms with van der Waals surface area (Å²) in [4.78, 5) is 0. The summed E-state index contributed by atoms with van der Waals surface area (Å²) in [6, 6.07) is 0. The molecule has 0 saturated carbocycles. The molecule has 0 aliphatic carbocycles. The van der Waals surface area contributed by atoms with Crippen LogP contribution >= 0.6 is 0 Å². The van der Waals surface area contributed by atoms with Crippen molar-refractivity contribution in [1.29, 1.82) is 0 Å². The molecule has 1 saturated heterocycles. The van der Waals surface area contributed by atoms with Crippen molar-refractivity contribution < 1.29 is 0 Å². The van der Waals surface area contributed by atoms with E-state index >= 15 is 0 Å². The fraction of sp³-hybridized carbons (Fsp3) is 1.00. The molecule has 0 spiro atoms. The van der Waals surface area contributed by atoms with Gasteiger partial charge in [0.1, 0.15) is 0 Å². The molecule has 0 aromatic rings. The van der Waals surface area contributed by atoms with Crippen LogP contribution in [0.3, 0.4) is 0 Å². The molecule has 1 rings (SSSR count). The van der Waals surface area contributed by atoms with E-state index in [9.17, 15) is 0 Å². The Bertz CT molecular complexity index is 16.5. The summed E-state index contributed by atoms with van der Waals surface area (Å²) in [5.74, 6) is 0. The molecule has 0 radical (unpaired) electrons. The third kappa shape index (κ3) is 1.28. The average Bonchev–Trinajstić information content (AvgIpc) is 1.76. The zero-order valence-electron chi connectivity index (χ0n) is 2.94. The van der Waals surface area contributed by atoms with Gasteiger partial charge in [0, 0.05) is 0 Å². The van der Waals surface area contributed by atoms with Crippen molar-refractivity contribution in [2.75, 3.05) is 0 Å². The van der Waals surface area contributed by atoms with Crippen molar-refractivity contribution in [2.24, 2.45) is 0 Å².